The third-order valence-electron chi connectivity index (χ3n) is 10.9. The third kappa shape index (κ3) is 11.8. The molecule has 0 bridgehead atoms. The van der Waals surface area contributed by atoms with Gasteiger partial charge in [0.05, 0.1) is 32.0 Å². The Labute approximate surface area is 398 Å². The number of benzene rings is 6. The summed E-state index contributed by atoms with van der Waals surface area (Å²) in [6.07, 6.45) is 8.04. The maximum absolute atomic E-state index is 7.31. The Morgan fingerprint density at radius 3 is 1.35 bits per heavy atom. The summed E-state index contributed by atoms with van der Waals surface area (Å²) in [7, 11) is 2.51. The van der Waals surface area contributed by atoms with Crippen LogP contribution in [0.5, 0.6) is 46.0 Å². The van der Waals surface area contributed by atoms with Gasteiger partial charge in [0.25, 0.3) is 0 Å². The van der Waals surface area contributed by atoms with Crippen LogP contribution in [-0.4, -0.2) is 28.4 Å². The van der Waals surface area contributed by atoms with Gasteiger partial charge in [-0.2, -0.15) is 0 Å². The van der Waals surface area contributed by atoms with Crippen molar-refractivity contribution < 1.29 is 45.4 Å². The molecule has 0 fully saturated rings. The van der Waals surface area contributed by atoms with E-state index in [-0.39, 0.29) is 0 Å². The van der Waals surface area contributed by atoms with Crippen LogP contribution >= 0.6 is 39.4 Å². The Balaban J connectivity index is 1.50. The minimum Gasteiger partial charge on any atom is -0.497 e. The van der Waals surface area contributed by atoms with Crippen molar-refractivity contribution in [3.05, 3.63) is 129 Å². The molecule has 0 N–H and O–H groups in total. The van der Waals surface area contributed by atoms with Crippen LogP contribution in [0.25, 0.3) is 33.1 Å². The number of aryl methyl sites for hydroxylation is 3. The molecule has 342 valence electrons. The average molecular weight is 1030 g/mol. The molecule has 0 saturated heterocycles. The molecule has 1 heterocycles. The van der Waals surface area contributed by atoms with Gasteiger partial charge in [-0.15, -0.1) is 0 Å². The Morgan fingerprint density at radius 1 is 0.477 bits per heavy atom. The SMILES string of the molecule is CCCCc1cc(OC)cc(-c2cc(OC)cc(I)c2OP(Oc2ccccc2)Oc2ccccc2)c1Op1oc2c(CCCC)cc(OC)cc2c2cc(OC)cc(CCCC)c2o1. The first-order chi connectivity index (χ1) is 31.8. The number of halogens is 1. The van der Waals surface area contributed by atoms with E-state index in [2.05, 4.69) is 55.5 Å². The minimum absolute atomic E-state index is 0.512. The fraction of sp³-hybridized carbons (Fsp3) is 0.308. The van der Waals surface area contributed by atoms with Crippen LogP contribution in [0.2, 0.25) is 0 Å². The lowest BCUT2D eigenvalue weighted by Crippen LogP contribution is -2.05. The van der Waals surface area contributed by atoms with E-state index in [1.54, 1.807) is 28.4 Å². The highest BCUT2D eigenvalue weighted by Gasteiger charge is 2.28. The van der Waals surface area contributed by atoms with Crippen molar-refractivity contribution in [2.24, 2.45) is 0 Å². The molecule has 1 aromatic heterocycles. The number of hydrogen-bond acceptors (Lipinski definition) is 10. The van der Waals surface area contributed by atoms with E-state index >= 15 is 0 Å². The third-order valence-corrected chi connectivity index (χ3v) is 13.7. The molecule has 0 radical (unpaired) electrons. The second kappa shape index (κ2) is 23.3. The molecule has 0 spiro atoms. The molecule has 6 aromatic carbocycles. The molecule has 13 heteroatoms. The van der Waals surface area contributed by atoms with E-state index in [4.69, 9.17) is 45.4 Å². The molecule has 0 unspecified atom stereocenters. The molecule has 7 rings (SSSR count). The average Bonchev–Trinajstić information content (AvgIpc) is 3.49. The standard InChI is InChI=1S/C52H57IO10P2/c1-8-11-20-35-27-40(54-4)30-44-45-31-41(55-5)28-36(21-12-9-2)50(45)61-65(60-49(35)44)62-51-37(22-13-10-3)29-42(56-6)32-46(51)47-33-43(57-7)34-48(53)52(47)63-64(58-38-23-16-14-17-24-38)59-39-25-18-15-19-26-39/h14-19,23-34H,8-13,20-22H2,1-7H3. The lowest BCUT2D eigenvalue weighted by atomic mass is 9.97. The van der Waals surface area contributed by atoms with E-state index in [0.717, 1.165) is 93.9 Å². The highest BCUT2D eigenvalue weighted by molar-refractivity contribution is 14.1. The summed E-state index contributed by atoms with van der Waals surface area (Å²) in [5.74, 6) is 5.04. The fourth-order valence-electron chi connectivity index (χ4n) is 7.44. The zero-order valence-electron chi connectivity index (χ0n) is 38.1. The van der Waals surface area contributed by atoms with Crippen molar-refractivity contribution in [1.29, 1.82) is 0 Å². The lowest BCUT2D eigenvalue weighted by Gasteiger charge is -2.22. The minimum atomic E-state index is -2.14. The first-order valence-electron chi connectivity index (χ1n) is 22.1. The maximum atomic E-state index is 7.31. The Morgan fingerprint density at radius 2 is 0.892 bits per heavy atom. The van der Waals surface area contributed by atoms with Crippen LogP contribution in [0, 0.1) is 3.57 Å². The molecular weight excluding hydrogens is 973 g/mol. The monoisotopic (exact) mass is 1030 g/mol. The quantitative estimate of drug-likeness (QED) is 0.0482. The molecule has 10 nitrogen and oxygen atoms in total. The number of hydrogen-bond donors (Lipinski definition) is 0. The molecule has 0 aliphatic heterocycles. The molecule has 0 amide bonds. The van der Waals surface area contributed by atoms with Crippen molar-refractivity contribution >= 4 is 61.4 Å². The second-order valence-electron chi connectivity index (χ2n) is 15.4. The lowest BCUT2D eigenvalue weighted by molar-refractivity contribution is 0.385. The summed E-state index contributed by atoms with van der Waals surface area (Å²) >= 11 is 2.28. The first-order valence-corrected chi connectivity index (χ1v) is 25.4. The maximum Gasteiger partial charge on any atom is 0.530 e. The second-order valence-corrected chi connectivity index (χ2v) is 18.6. The van der Waals surface area contributed by atoms with E-state index in [1.807, 2.05) is 97.1 Å². The van der Waals surface area contributed by atoms with Crippen LogP contribution in [-0.2, 0) is 19.3 Å². The van der Waals surface area contributed by atoms with E-state index < -0.39 is 16.8 Å². The van der Waals surface area contributed by atoms with E-state index in [1.165, 1.54) is 0 Å². The normalized spacial score (nSPS) is 11.2. The summed E-state index contributed by atoms with van der Waals surface area (Å²) in [6.45, 7) is 6.54. The first kappa shape index (κ1) is 47.7. The number of unbranched alkanes of at least 4 members (excludes halogenated alkanes) is 3. The number of methoxy groups -OCH3 is 4. The van der Waals surface area contributed by atoms with Gasteiger partial charge in [-0.05, 0) is 151 Å². The summed E-state index contributed by atoms with van der Waals surface area (Å²) < 4.78 is 65.9. The van der Waals surface area contributed by atoms with E-state index in [9.17, 15) is 0 Å². The highest BCUT2D eigenvalue weighted by Crippen LogP contribution is 2.53. The van der Waals surface area contributed by atoms with Crippen molar-refractivity contribution in [2.75, 3.05) is 28.4 Å². The zero-order valence-corrected chi connectivity index (χ0v) is 42.1. The van der Waals surface area contributed by atoms with Crippen molar-refractivity contribution in [3.8, 4) is 57.1 Å². The molecule has 0 saturated carbocycles. The van der Waals surface area contributed by atoms with Crippen LogP contribution in [0.15, 0.2) is 118 Å². The van der Waals surface area contributed by atoms with Gasteiger partial charge in [-0.3, -0.25) is 0 Å². The number of rotatable bonds is 22. The number of ether oxygens (including phenoxy) is 4. The summed E-state index contributed by atoms with van der Waals surface area (Å²) in [4.78, 5) is 0. The Hall–Kier alpha value is -5.22. The van der Waals surface area contributed by atoms with Crippen LogP contribution in [0.1, 0.15) is 76.0 Å². The highest BCUT2D eigenvalue weighted by atomic mass is 127. The molecule has 0 atom stereocenters. The summed E-state index contributed by atoms with van der Waals surface area (Å²) in [6, 6.07) is 35.0. The van der Waals surface area contributed by atoms with Gasteiger partial charge < -0.3 is 45.4 Å². The molecule has 0 aliphatic rings. The van der Waals surface area contributed by atoms with Gasteiger partial charge in [0.1, 0.15) is 51.4 Å². The number of para-hydroxylation sites is 2. The largest absolute Gasteiger partial charge is 0.530 e. The molecule has 65 heavy (non-hydrogen) atoms. The molecular formula is C52H57IO10P2. The Kier molecular flexibility index (Phi) is 17.1. The van der Waals surface area contributed by atoms with Crippen molar-refractivity contribution in [3.63, 3.8) is 0 Å². The Bertz CT molecular complexity index is 2590. The zero-order chi connectivity index (χ0) is 45.7. The van der Waals surface area contributed by atoms with Crippen molar-refractivity contribution in [1.82, 2.24) is 0 Å². The predicted molar refractivity (Wildman–Crippen MR) is 271 cm³/mol. The van der Waals surface area contributed by atoms with Crippen LogP contribution in [0.3, 0.4) is 0 Å². The molecule has 7 aromatic rings. The summed E-state index contributed by atoms with van der Waals surface area (Å²) in [5, 5.41) is 1.72. The van der Waals surface area contributed by atoms with Gasteiger partial charge in [-0.25, -0.2) is 0 Å². The fourth-order valence-corrected chi connectivity index (χ4v) is 10.6. The van der Waals surface area contributed by atoms with Crippen LogP contribution < -0.4 is 37.0 Å². The van der Waals surface area contributed by atoms with E-state index in [0.29, 0.717) is 63.2 Å². The number of fused-ring (bicyclic) bond motifs is 3. The smallest absolute Gasteiger partial charge is 0.497 e. The predicted octanol–water partition coefficient (Wildman–Crippen LogP) is 16.2. The summed E-state index contributed by atoms with van der Waals surface area (Å²) in [5.41, 5.74) is 5.71. The van der Waals surface area contributed by atoms with Gasteiger partial charge in [0.2, 0.25) is 0 Å². The van der Waals surface area contributed by atoms with Gasteiger partial charge in [0.15, 0.2) is 5.75 Å². The molecule has 0 aliphatic carbocycles. The van der Waals surface area contributed by atoms with Gasteiger partial charge in [-0.1, -0.05) is 76.4 Å². The topological polar surface area (TPSA) is 100 Å². The van der Waals surface area contributed by atoms with Crippen molar-refractivity contribution in [2.45, 2.75) is 78.6 Å². The van der Waals surface area contributed by atoms with Gasteiger partial charge >= 0.3 is 16.8 Å². The van der Waals surface area contributed by atoms with Crippen LogP contribution in [0.4, 0.5) is 0 Å². The van der Waals surface area contributed by atoms with Gasteiger partial charge in [0, 0.05) is 21.9 Å².